The highest BCUT2D eigenvalue weighted by molar-refractivity contribution is 7.89. The predicted octanol–water partition coefficient (Wildman–Crippen LogP) is 4.89. The van der Waals surface area contributed by atoms with Gasteiger partial charge in [-0.3, -0.25) is 4.98 Å². The number of halogens is 1. The van der Waals surface area contributed by atoms with Crippen LogP contribution < -0.4 is 4.74 Å². The lowest BCUT2D eigenvalue weighted by atomic mass is 9.85. The average Bonchev–Trinajstić information content (AvgIpc) is 3.40. The topological polar surface area (TPSA) is 119 Å². The van der Waals surface area contributed by atoms with Gasteiger partial charge in [0.25, 0.3) is 0 Å². The third kappa shape index (κ3) is 4.21. The Bertz CT molecular complexity index is 1710. The molecule has 0 aliphatic carbocycles. The van der Waals surface area contributed by atoms with Gasteiger partial charge in [0.15, 0.2) is 22.5 Å². The largest absolute Gasteiger partial charge is 0.453 e. The van der Waals surface area contributed by atoms with Crippen LogP contribution in [0.5, 0.6) is 11.5 Å². The van der Waals surface area contributed by atoms with Crippen molar-refractivity contribution < 1.29 is 22.9 Å². The summed E-state index contributed by atoms with van der Waals surface area (Å²) in [5.74, 6) is 0.791. The van der Waals surface area contributed by atoms with Crippen molar-refractivity contribution in [3.05, 3.63) is 83.5 Å². The van der Waals surface area contributed by atoms with E-state index in [1.54, 1.807) is 36.5 Å². The molecule has 0 unspecified atom stereocenters. The summed E-state index contributed by atoms with van der Waals surface area (Å²) in [6.45, 7) is 0.266. The second-order valence-electron chi connectivity index (χ2n) is 8.90. The maximum Gasteiger partial charge on any atom is 0.245 e. The number of pyridine rings is 1. The fraction of sp³-hybridized carbons (Fsp3) is 0.192. The van der Waals surface area contributed by atoms with Gasteiger partial charge in [-0.05, 0) is 65.1 Å². The maximum absolute atomic E-state index is 13.6. The number of piperidine rings is 1. The van der Waals surface area contributed by atoms with Crippen LogP contribution in [0.25, 0.3) is 21.9 Å². The smallest absolute Gasteiger partial charge is 0.245 e. The van der Waals surface area contributed by atoms with E-state index in [1.807, 2.05) is 24.3 Å². The lowest BCUT2D eigenvalue weighted by Crippen LogP contribution is -2.45. The molecule has 1 fully saturated rings. The maximum atomic E-state index is 13.6. The summed E-state index contributed by atoms with van der Waals surface area (Å²) in [6.07, 6.45) is 2.15. The number of benzene rings is 3. The zero-order valence-electron chi connectivity index (χ0n) is 19.4. The Morgan fingerprint density at radius 3 is 2.38 bits per heavy atom. The van der Waals surface area contributed by atoms with Crippen LogP contribution in [0.2, 0.25) is 5.02 Å². The summed E-state index contributed by atoms with van der Waals surface area (Å²) in [5.41, 5.74) is 0.494. The highest BCUT2D eigenvalue weighted by Gasteiger charge is 2.39. The molecule has 0 spiro atoms. The Balaban J connectivity index is 1.29. The molecular formula is C26H21ClN4O5S. The monoisotopic (exact) mass is 536 g/mol. The van der Waals surface area contributed by atoms with Crippen LogP contribution >= 0.6 is 11.6 Å². The first-order chi connectivity index (χ1) is 17.8. The molecule has 3 heterocycles. The van der Waals surface area contributed by atoms with Gasteiger partial charge in [0, 0.05) is 29.7 Å². The molecule has 0 saturated carbocycles. The van der Waals surface area contributed by atoms with Gasteiger partial charge in [-0.1, -0.05) is 41.9 Å². The molecule has 2 aromatic heterocycles. The number of nitrogens with zero attached hydrogens (tertiary/aromatic N) is 4. The molecule has 1 N–H and O–H groups in total. The van der Waals surface area contributed by atoms with E-state index in [0.717, 1.165) is 5.39 Å². The fourth-order valence-electron chi connectivity index (χ4n) is 4.67. The molecule has 3 aromatic carbocycles. The molecule has 5 aromatic rings. The number of fused-ring (bicyclic) bond motifs is 2. The minimum Gasteiger partial charge on any atom is -0.453 e. The normalized spacial score (nSPS) is 16.3. The molecule has 0 radical (unpaired) electrons. The summed E-state index contributed by atoms with van der Waals surface area (Å²) in [6, 6.07) is 19.2. The Morgan fingerprint density at radius 1 is 0.892 bits per heavy atom. The molecule has 1 saturated heterocycles. The first kappa shape index (κ1) is 23.8. The molecule has 6 rings (SSSR count). The van der Waals surface area contributed by atoms with Crippen LogP contribution in [0.3, 0.4) is 0 Å². The van der Waals surface area contributed by atoms with Crippen LogP contribution in [0, 0.1) is 0 Å². The van der Waals surface area contributed by atoms with E-state index in [-0.39, 0.29) is 41.9 Å². The standard InChI is InChI=1S/C26H21ClN4O5S/c27-19-8-6-18(7-9-19)26(32)12-15-31(16-13-26)37(33,34)22-11-10-21(24-25(22)30-36-29-24)35-20-5-1-3-17-4-2-14-28-23(17)20/h1-11,14,32H,12-13,15-16H2. The van der Waals surface area contributed by atoms with Crippen LogP contribution in [-0.4, -0.2) is 46.2 Å². The zero-order chi connectivity index (χ0) is 25.6. The number of ether oxygens (including phenoxy) is 1. The Labute approximate surface area is 217 Å². The van der Waals surface area contributed by atoms with Crippen molar-refractivity contribution >= 4 is 43.6 Å². The third-order valence-electron chi connectivity index (χ3n) is 6.71. The highest BCUT2D eigenvalue weighted by Crippen LogP contribution is 2.38. The molecular weight excluding hydrogens is 516 g/mol. The van der Waals surface area contributed by atoms with Gasteiger partial charge in [0.1, 0.15) is 10.4 Å². The average molecular weight is 537 g/mol. The number of para-hydroxylation sites is 1. The minimum absolute atomic E-state index is 0.0379. The quantitative estimate of drug-likeness (QED) is 0.337. The van der Waals surface area contributed by atoms with Gasteiger partial charge in [0.2, 0.25) is 10.0 Å². The first-order valence-corrected chi connectivity index (χ1v) is 13.4. The van der Waals surface area contributed by atoms with Gasteiger partial charge in [-0.15, -0.1) is 0 Å². The van der Waals surface area contributed by atoms with Gasteiger partial charge in [-0.25, -0.2) is 13.0 Å². The summed E-state index contributed by atoms with van der Waals surface area (Å²) in [4.78, 5) is 4.35. The SMILES string of the molecule is O=S(=O)(c1ccc(Oc2cccc3cccnc23)c2nonc12)N1CCC(O)(c2ccc(Cl)cc2)CC1. The van der Waals surface area contributed by atoms with Crippen molar-refractivity contribution in [2.45, 2.75) is 23.3 Å². The van der Waals surface area contributed by atoms with Crippen molar-refractivity contribution in [3.8, 4) is 11.5 Å². The van der Waals surface area contributed by atoms with Gasteiger partial charge >= 0.3 is 0 Å². The molecule has 1 aliphatic rings. The van der Waals surface area contributed by atoms with E-state index < -0.39 is 15.6 Å². The molecule has 11 heteroatoms. The van der Waals surface area contributed by atoms with Gasteiger partial charge in [-0.2, -0.15) is 4.31 Å². The van der Waals surface area contributed by atoms with E-state index in [2.05, 4.69) is 15.3 Å². The molecule has 1 aliphatic heterocycles. The second-order valence-corrected chi connectivity index (χ2v) is 11.2. The van der Waals surface area contributed by atoms with Crippen molar-refractivity contribution in [1.82, 2.24) is 19.6 Å². The van der Waals surface area contributed by atoms with Gasteiger partial charge < -0.3 is 9.84 Å². The minimum atomic E-state index is -3.95. The van der Waals surface area contributed by atoms with E-state index in [9.17, 15) is 13.5 Å². The van der Waals surface area contributed by atoms with Gasteiger partial charge in [0.05, 0.1) is 5.60 Å². The van der Waals surface area contributed by atoms with Crippen LogP contribution in [-0.2, 0) is 15.6 Å². The predicted molar refractivity (Wildman–Crippen MR) is 137 cm³/mol. The molecule has 188 valence electrons. The van der Waals surface area contributed by atoms with E-state index >= 15 is 0 Å². The first-order valence-electron chi connectivity index (χ1n) is 11.6. The number of rotatable bonds is 5. The van der Waals surface area contributed by atoms with E-state index in [4.69, 9.17) is 21.0 Å². The number of aliphatic hydroxyl groups is 1. The number of hydrogen-bond acceptors (Lipinski definition) is 8. The van der Waals surface area contributed by atoms with Crippen molar-refractivity contribution in [3.63, 3.8) is 0 Å². The van der Waals surface area contributed by atoms with Crippen LogP contribution in [0.1, 0.15) is 18.4 Å². The summed E-state index contributed by atoms with van der Waals surface area (Å²) in [7, 11) is -3.95. The lowest BCUT2D eigenvalue weighted by molar-refractivity contribution is -0.00960. The molecule has 37 heavy (non-hydrogen) atoms. The fourth-order valence-corrected chi connectivity index (χ4v) is 6.36. The number of hydrogen-bond donors (Lipinski definition) is 1. The Morgan fingerprint density at radius 2 is 1.59 bits per heavy atom. The summed E-state index contributed by atoms with van der Waals surface area (Å²) in [5, 5.41) is 20.4. The number of sulfonamides is 1. The molecule has 9 nitrogen and oxygen atoms in total. The Hall–Kier alpha value is -3.57. The summed E-state index contributed by atoms with van der Waals surface area (Å²) >= 11 is 5.97. The zero-order valence-corrected chi connectivity index (χ0v) is 21.0. The van der Waals surface area contributed by atoms with E-state index in [1.165, 1.54) is 16.4 Å². The molecule has 0 atom stereocenters. The second kappa shape index (κ2) is 9.07. The van der Waals surface area contributed by atoms with Crippen LogP contribution in [0.4, 0.5) is 0 Å². The Kier molecular flexibility index (Phi) is 5.84. The van der Waals surface area contributed by atoms with Crippen molar-refractivity contribution in [2.24, 2.45) is 0 Å². The van der Waals surface area contributed by atoms with E-state index in [0.29, 0.717) is 27.6 Å². The van der Waals surface area contributed by atoms with Crippen LogP contribution in [0.15, 0.2) is 82.5 Å². The summed E-state index contributed by atoms with van der Waals surface area (Å²) < 4.78 is 39.6. The van der Waals surface area contributed by atoms with Crippen molar-refractivity contribution in [1.29, 1.82) is 0 Å². The lowest BCUT2D eigenvalue weighted by Gasteiger charge is -2.37. The molecule has 0 amide bonds. The van der Waals surface area contributed by atoms with Crippen molar-refractivity contribution in [2.75, 3.05) is 13.1 Å². The number of aromatic nitrogens is 3. The highest BCUT2D eigenvalue weighted by atomic mass is 35.5. The molecule has 0 bridgehead atoms. The third-order valence-corrected chi connectivity index (χ3v) is 8.89.